The number of hydrazine groups is 1. The fraction of sp³-hybridized carbons (Fsp3) is 0.500. The number of rotatable bonds is 1. The Kier molecular flexibility index (Phi) is 3.40. The molecule has 1 fully saturated rings. The molecule has 0 aliphatic carbocycles. The minimum atomic E-state index is -4.27. The molecule has 1 aliphatic rings. The van der Waals surface area contributed by atoms with Gasteiger partial charge >= 0.3 is 6.18 Å². The first kappa shape index (κ1) is 12.4. The van der Waals surface area contributed by atoms with Crippen molar-refractivity contribution in [3.8, 4) is 0 Å². The zero-order valence-electron chi connectivity index (χ0n) is 9.37. The van der Waals surface area contributed by atoms with Gasteiger partial charge in [-0.15, -0.1) is 0 Å². The molecule has 1 aliphatic heterocycles. The quantitative estimate of drug-likeness (QED) is 0.769. The summed E-state index contributed by atoms with van der Waals surface area (Å²) in [7, 11) is 0. The minimum Gasteiger partial charge on any atom is -0.268 e. The van der Waals surface area contributed by atoms with E-state index < -0.39 is 11.7 Å². The van der Waals surface area contributed by atoms with Crippen molar-refractivity contribution >= 4 is 0 Å². The van der Waals surface area contributed by atoms with E-state index >= 15 is 0 Å². The monoisotopic (exact) mass is 244 g/mol. The normalized spacial score (nSPS) is 22.7. The van der Waals surface area contributed by atoms with Crippen LogP contribution in [0, 0.1) is 0 Å². The van der Waals surface area contributed by atoms with Gasteiger partial charge in [0, 0.05) is 12.6 Å². The van der Waals surface area contributed by atoms with Crippen LogP contribution in [0.5, 0.6) is 0 Å². The van der Waals surface area contributed by atoms with Gasteiger partial charge in [-0.25, -0.2) is 5.01 Å². The van der Waals surface area contributed by atoms with E-state index in [1.54, 1.807) is 5.01 Å². The molecule has 1 unspecified atom stereocenters. The van der Waals surface area contributed by atoms with Crippen molar-refractivity contribution in [2.24, 2.45) is 5.84 Å². The van der Waals surface area contributed by atoms with E-state index in [9.17, 15) is 13.2 Å². The van der Waals surface area contributed by atoms with E-state index in [0.717, 1.165) is 43.5 Å². The van der Waals surface area contributed by atoms with Gasteiger partial charge in [-0.1, -0.05) is 18.6 Å². The van der Waals surface area contributed by atoms with Crippen LogP contribution in [0.15, 0.2) is 24.3 Å². The Morgan fingerprint density at radius 1 is 1.12 bits per heavy atom. The highest BCUT2D eigenvalue weighted by atomic mass is 19.4. The summed E-state index contributed by atoms with van der Waals surface area (Å²) in [5, 5.41) is 1.71. The summed E-state index contributed by atoms with van der Waals surface area (Å²) in [5.41, 5.74) is 0.251. The van der Waals surface area contributed by atoms with Crippen molar-refractivity contribution in [1.29, 1.82) is 0 Å². The predicted octanol–water partition coefficient (Wildman–Crippen LogP) is 3.11. The van der Waals surface area contributed by atoms with Gasteiger partial charge in [0.1, 0.15) is 0 Å². The lowest BCUT2D eigenvalue weighted by atomic mass is 9.96. The molecule has 1 aromatic carbocycles. The first-order valence-electron chi connectivity index (χ1n) is 5.67. The van der Waals surface area contributed by atoms with Gasteiger partial charge in [0.25, 0.3) is 0 Å². The third kappa shape index (κ3) is 2.79. The second-order valence-corrected chi connectivity index (χ2v) is 4.37. The van der Waals surface area contributed by atoms with Crippen LogP contribution in [0.25, 0.3) is 0 Å². The molecular weight excluding hydrogens is 229 g/mol. The second kappa shape index (κ2) is 4.66. The molecule has 0 amide bonds. The van der Waals surface area contributed by atoms with Crippen molar-refractivity contribution in [3.63, 3.8) is 0 Å². The van der Waals surface area contributed by atoms with E-state index in [1.807, 2.05) is 0 Å². The number of nitrogens with zero attached hydrogens (tertiary/aromatic N) is 1. The third-order valence-corrected chi connectivity index (χ3v) is 3.17. The summed E-state index contributed by atoms with van der Waals surface area (Å²) in [4.78, 5) is 0. The topological polar surface area (TPSA) is 29.3 Å². The van der Waals surface area contributed by atoms with Gasteiger partial charge in [0.2, 0.25) is 0 Å². The van der Waals surface area contributed by atoms with Gasteiger partial charge in [-0.2, -0.15) is 13.2 Å². The second-order valence-electron chi connectivity index (χ2n) is 4.37. The average Bonchev–Trinajstić information content (AvgIpc) is 2.29. The fourth-order valence-corrected chi connectivity index (χ4v) is 2.21. The third-order valence-electron chi connectivity index (χ3n) is 3.17. The number of piperidine rings is 1. The molecule has 17 heavy (non-hydrogen) atoms. The molecule has 0 saturated carbocycles. The van der Waals surface area contributed by atoms with Crippen LogP contribution in [0.3, 0.4) is 0 Å². The largest absolute Gasteiger partial charge is 0.416 e. The summed E-state index contributed by atoms with van der Waals surface area (Å²) in [6, 6.07) is 5.35. The molecule has 94 valence electrons. The van der Waals surface area contributed by atoms with E-state index in [1.165, 1.54) is 12.1 Å². The summed E-state index contributed by atoms with van der Waals surface area (Å²) in [6.07, 6.45) is -1.25. The Morgan fingerprint density at radius 2 is 1.76 bits per heavy atom. The maximum Gasteiger partial charge on any atom is 0.416 e. The number of benzene rings is 1. The molecule has 5 heteroatoms. The highest BCUT2D eigenvalue weighted by molar-refractivity contribution is 5.27. The summed E-state index contributed by atoms with van der Waals surface area (Å²) < 4.78 is 37.2. The molecule has 2 nitrogen and oxygen atoms in total. The van der Waals surface area contributed by atoms with Gasteiger partial charge in [-0.3, -0.25) is 5.84 Å². The Hall–Kier alpha value is -1.07. The minimum absolute atomic E-state index is 0.0473. The van der Waals surface area contributed by atoms with Crippen molar-refractivity contribution in [1.82, 2.24) is 5.01 Å². The molecule has 2 N–H and O–H groups in total. The van der Waals surface area contributed by atoms with E-state index in [0.29, 0.717) is 0 Å². The van der Waals surface area contributed by atoms with Gasteiger partial charge in [0.05, 0.1) is 5.56 Å². The van der Waals surface area contributed by atoms with Gasteiger partial charge < -0.3 is 0 Å². The Bertz CT molecular complexity index is 372. The van der Waals surface area contributed by atoms with Crippen LogP contribution < -0.4 is 5.84 Å². The van der Waals surface area contributed by atoms with Gasteiger partial charge in [-0.05, 0) is 30.5 Å². The molecule has 2 rings (SSSR count). The highest BCUT2D eigenvalue weighted by Crippen LogP contribution is 2.32. The van der Waals surface area contributed by atoms with Gasteiger partial charge in [0.15, 0.2) is 0 Å². The van der Waals surface area contributed by atoms with Crippen LogP contribution in [-0.2, 0) is 6.18 Å². The van der Waals surface area contributed by atoms with Crippen LogP contribution in [-0.4, -0.2) is 11.6 Å². The number of nitrogens with two attached hydrogens (primary N) is 1. The molecule has 0 aromatic heterocycles. The predicted molar refractivity (Wildman–Crippen MR) is 58.9 cm³/mol. The van der Waals surface area contributed by atoms with E-state index in [4.69, 9.17) is 5.84 Å². The van der Waals surface area contributed by atoms with E-state index in [-0.39, 0.29) is 6.04 Å². The highest BCUT2D eigenvalue weighted by Gasteiger charge is 2.30. The van der Waals surface area contributed by atoms with Crippen LogP contribution in [0.1, 0.15) is 36.4 Å². The first-order valence-corrected chi connectivity index (χ1v) is 5.67. The SMILES string of the molecule is NN1CCCCC1c1ccc(C(F)(F)F)cc1. The van der Waals surface area contributed by atoms with Crippen LogP contribution in [0.2, 0.25) is 0 Å². The summed E-state index contributed by atoms with van der Waals surface area (Å²) in [6.45, 7) is 0.797. The molecule has 0 spiro atoms. The standard InChI is InChI=1S/C12H15F3N2/c13-12(14,15)10-6-4-9(5-7-10)11-3-1-2-8-17(11)16/h4-7,11H,1-3,8,16H2. The maximum absolute atomic E-state index is 12.4. The fourth-order valence-electron chi connectivity index (χ4n) is 2.21. The zero-order chi connectivity index (χ0) is 12.5. The van der Waals surface area contributed by atoms with Crippen molar-refractivity contribution in [3.05, 3.63) is 35.4 Å². The van der Waals surface area contributed by atoms with Crippen LogP contribution >= 0.6 is 0 Å². The molecule has 0 radical (unpaired) electrons. The van der Waals surface area contributed by atoms with Crippen molar-refractivity contribution in [2.75, 3.05) is 6.54 Å². The lowest BCUT2D eigenvalue weighted by Gasteiger charge is -2.32. The number of hydrogen-bond acceptors (Lipinski definition) is 2. The van der Waals surface area contributed by atoms with Crippen molar-refractivity contribution < 1.29 is 13.2 Å². The lowest BCUT2D eigenvalue weighted by Crippen LogP contribution is -2.38. The smallest absolute Gasteiger partial charge is 0.268 e. The molecule has 0 bridgehead atoms. The van der Waals surface area contributed by atoms with Crippen LogP contribution in [0.4, 0.5) is 13.2 Å². The Morgan fingerprint density at radius 3 is 2.29 bits per heavy atom. The van der Waals surface area contributed by atoms with E-state index in [2.05, 4.69) is 0 Å². The first-order chi connectivity index (χ1) is 7.98. The molecular formula is C12H15F3N2. The number of hydrogen-bond donors (Lipinski definition) is 1. The number of halogens is 3. The molecule has 1 heterocycles. The summed E-state index contributed by atoms with van der Waals surface area (Å²) >= 11 is 0. The lowest BCUT2D eigenvalue weighted by molar-refractivity contribution is -0.137. The summed E-state index contributed by atoms with van der Waals surface area (Å²) in [5.74, 6) is 5.85. The Balaban J connectivity index is 2.17. The van der Waals surface area contributed by atoms with Crippen molar-refractivity contribution in [2.45, 2.75) is 31.5 Å². The Labute approximate surface area is 98.2 Å². The average molecular weight is 244 g/mol. The zero-order valence-corrected chi connectivity index (χ0v) is 9.37. The molecule has 1 aromatic rings. The number of alkyl halides is 3. The molecule has 1 saturated heterocycles. The molecule has 1 atom stereocenters. The maximum atomic E-state index is 12.4.